The SMILES string of the molecule is CSc1nc2c(c(=O)[nH]1)C(c1cccnc1)C1C(=O)CC(C)(C)C=C1N2. The number of thioether (sulfide) groups is 1. The highest BCUT2D eigenvalue weighted by molar-refractivity contribution is 7.98. The predicted molar refractivity (Wildman–Crippen MR) is 101 cm³/mol. The van der Waals surface area contributed by atoms with E-state index in [4.69, 9.17) is 0 Å². The van der Waals surface area contributed by atoms with Gasteiger partial charge in [-0.2, -0.15) is 0 Å². The number of pyridine rings is 1. The van der Waals surface area contributed by atoms with E-state index in [-0.39, 0.29) is 22.7 Å². The van der Waals surface area contributed by atoms with Gasteiger partial charge < -0.3 is 10.3 Å². The van der Waals surface area contributed by atoms with E-state index in [9.17, 15) is 9.59 Å². The molecular formula is C19H20N4O2S. The number of anilines is 1. The largest absolute Gasteiger partial charge is 0.343 e. The molecule has 6 nitrogen and oxygen atoms in total. The molecule has 0 saturated heterocycles. The third-order valence-electron chi connectivity index (χ3n) is 4.94. The predicted octanol–water partition coefficient (Wildman–Crippen LogP) is 2.94. The number of hydrogen-bond acceptors (Lipinski definition) is 6. The number of rotatable bonds is 2. The van der Waals surface area contributed by atoms with E-state index in [1.165, 1.54) is 11.8 Å². The lowest BCUT2D eigenvalue weighted by atomic mass is 9.67. The maximum Gasteiger partial charge on any atom is 0.257 e. The van der Waals surface area contributed by atoms with E-state index in [0.717, 1.165) is 11.3 Å². The molecule has 0 spiro atoms. The maximum absolute atomic E-state index is 13.0. The van der Waals surface area contributed by atoms with Crippen LogP contribution in [0.15, 0.2) is 46.3 Å². The van der Waals surface area contributed by atoms with Gasteiger partial charge in [-0.1, -0.05) is 37.8 Å². The standard InChI is InChI=1S/C19H20N4O2S/c1-19(2)7-11-14(12(24)8-19)13(10-5-4-6-20-9-10)15-16(21-11)22-18(26-3)23-17(15)25/h4-7,9,13-14H,8H2,1-3H3,(H2,21,22,23,25). The first-order valence-corrected chi connectivity index (χ1v) is 9.73. The zero-order chi connectivity index (χ0) is 18.5. The summed E-state index contributed by atoms with van der Waals surface area (Å²) in [5.41, 5.74) is 1.75. The van der Waals surface area contributed by atoms with Crippen molar-refractivity contribution in [1.29, 1.82) is 0 Å². The molecule has 0 radical (unpaired) electrons. The van der Waals surface area contributed by atoms with E-state index in [2.05, 4.69) is 26.3 Å². The van der Waals surface area contributed by atoms with Crippen LogP contribution >= 0.6 is 11.8 Å². The molecule has 7 heteroatoms. The van der Waals surface area contributed by atoms with E-state index < -0.39 is 5.92 Å². The van der Waals surface area contributed by atoms with Crippen molar-refractivity contribution in [3.8, 4) is 0 Å². The zero-order valence-corrected chi connectivity index (χ0v) is 15.7. The van der Waals surface area contributed by atoms with Gasteiger partial charge in [0.2, 0.25) is 0 Å². The highest BCUT2D eigenvalue weighted by Crippen LogP contribution is 2.47. The Morgan fingerprint density at radius 3 is 2.77 bits per heavy atom. The van der Waals surface area contributed by atoms with Gasteiger partial charge in [0.1, 0.15) is 11.6 Å². The molecule has 0 aromatic carbocycles. The average Bonchev–Trinajstić information content (AvgIpc) is 2.59. The molecule has 134 valence electrons. The Morgan fingerprint density at radius 1 is 1.27 bits per heavy atom. The Balaban J connectivity index is 1.99. The van der Waals surface area contributed by atoms with Crippen LogP contribution in [-0.4, -0.2) is 27.0 Å². The van der Waals surface area contributed by atoms with Gasteiger partial charge >= 0.3 is 0 Å². The van der Waals surface area contributed by atoms with E-state index in [1.54, 1.807) is 12.4 Å². The topological polar surface area (TPSA) is 87.7 Å². The van der Waals surface area contributed by atoms with Gasteiger partial charge in [-0.25, -0.2) is 4.98 Å². The van der Waals surface area contributed by atoms with E-state index >= 15 is 0 Å². The van der Waals surface area contributed by atoms with Crippen molar-refractivity contribution in [2.75, 3.05) is 11.6 Å². The molecule has 1 aliphatic carbocycles. The first-order chi connectivity index (χ1) is 12.4. The molecule has 3 heterocycles. The molecule has 2 aliphatic rings. The van der Waals surface area contributed by atoms with Crippen molar-refractivity contribution in [3.63, 3.8) is 0 Å². The van der Waals surface area contributed by atoms with Gasteiger partial charge in [-0.05, 0) is 23.3 Å². The number of aromatic nitrogens is 3. The number of allylic oxidation sites excluding steroid dienone is 2. The van der Waals surface area contributed by atoms with Crippen molar-refractivity contribution >= 4 is 23.4 Å². The van der Waals surface area contributed by atoms with Gasteiger partial charge in [-0.15, -0.1) is 0 Å². The van der Waals surface area contributed by atoms with Crippen molar-refractivity contribution in [2.45, 2.75) is 31.3 Å². The van der Waals surface area contributed by atoms with Crippen LogP contribution < -0.4 is 10.9 Å². The molecule has 26 heavy (non-hydrogen) atoms. The third kappa shape index (κ3) is 2.76. The summed E-state index contributed by atoms with van der Waals surface area (Å²) < 4.78 is 0. The van der Waals surface area contributed by atoms with Crippen LogP contribution in [0.5, 0.6) is 0 Å². The third-order valence-corrected chi connectivity index (χ3v) is 5.52. The van der Waals surface area contributed by atoms with Crippen LogP contribution in [0, 0.1) is 11.3 Å². The van der Waals surface area contributed by atoms with Crippen LogP contribution in [0.4, 0.5) is 5.82 Å². The van der Waals surface area contributed by atoms with Gasteiger partial charge in [-0.3, -0.25) is 14.6 Å². The number of H-pyrrole nitrogens is 1. The fraction of sp³-hybridized carbons (Fsp3) is 0.368. The summed E-state index contributed by atoms with van der Waals surface area (Å²) in [6.45, 7) is 4.09. The fourth-order valence-corrected chi connectivity index (χ4v) is 4.32. The first kappa shape index (κ1) is 17.0. The monoisotopic (exact) mass is 368 g/mol. The van der Waals surface area contributed by atoms with Crippen molar-refractivity contribution in [2.24, 2.45) is 11.3 Å². The Bertz CT molecular complexity index is 965. The number of carbonyl (C=O) groups is 1. The Labute approximate surface area is 155 Å². The number of hydrogen-bond donors (Lipinski definition) is 2. The average molecular weight is 368 g/mol. The molecule has 1 aliphatic heterocycles. The highest BCUT2D eigenvalue weighted by Gasteiger charge is 2.45. The molecule has 2 N–H and O–H groups in total. The maximum atomic E-state index is 13.0. The minimum absolute atomic E-state index is 0.132. The second-order valence-electron chi connectivity index (χ2n) is 7.44. The van der Waals surface area contributed by atoms with Crippen LogP contribution in [0.3, 0.4) is 0 Å². The summed E-state index contributed by atoms with van der Waals surface area (Å²) >= 11 is 1.38. The summed E-state index contributed by atoms with van der Waals surface area (Å²) in [4.78, 5) is 37.4. The molecule has 0 fully saturated rings. The normalized spacial score (nSPS) is 23.5. The number of Topliss-reactive ketones (excluding diaryl/α,β-unsaturated/α-hetero) is 1. The van der Waals surface area contributed by atoms with Crippen molar-refractivity contribution in [1.82, 2.24) is 15.0 Å². The molecule has 2 aromatic heterocycles. The van der Waals surface area contributed by atoms with Gasteiger partial charge in [0.25, 0.3) is 5.56 Å². The van der Waals surface area contributed by atoms with E-state index in [1.807, 2.05) is 32.2 Å². The van der Waals surface area contributed by atoms with Crippen molar-refractivity contribution < 1.29 is 4.79 Å². The number of nitrogens with one attached hydrogen (secondary N) is 2. The second-order valence-corrected chi connectivity index (χ2v) is 8.23. The summed E-state index contributed by atoms with van der Waals surface area (Å²) in [5.74, 6) is -0.141. The molecule has 0 amide bonds. The second kappa shape index (κ2) is 6.09. The lowest BCUT2D eigenvalue weighted by Gasteiger charge is -2.40. The van der Waals surface area contributed by atoms with Crippen LogP contribution in [0.1, 0.15) is 37.3 Å². The molecule has 2 aromatic rings. The van der Waals surface area contributed by atoms with Gasteiger partial charge in [0.15, 0.2) is 5.16 Å². The Morgan fingerprint density at radius 2 is 2.08 bits per heavy atom. The minimum atomic E-state index is -0.414. The smallest absolute Gasteiger partial charge is 0.257 e. The summed E-state index contributed by atoms with van der Waals surface area (Å²) in [6.07, 6.45) is 7.83. The zero-order valence-electron chi connectivity index (χ0n) is 14.9. The van der Waals surface area contributed by atoms with Crippen molar-refractivity contribution in [3.05, 3.63) is 57.8 Å². The quantitative estimate of drug-likeness (QED) is 0.626. The molecule has 2 atom stereocenters. The highest BCUT2D eigenvalue weighted by atomic mass is 32.2. The fourth-order valence-electron chi connectivity index (χ4n) is 3.94. The van der Waals surface area contributed by atoms with Crippen LogP contribution in [-0.2, 0) is 4.79 Å². The van der Waals surface area contributed by atoms with Gasteiger partial charge in [0.05, 0.1) is 11.5 Å². The van der Waals surface area contributed by atoms with E-state index in [0.29, 0.717) is 23.0 Å². The molecule has 4 rings (SSSR count). The lowest BCUT2D eigenvalue weighted by molar-refractivity contribution is -0.124. The number of ketones is 1. The summed E-state index contributed by atoms with van der Waals surface area (Å²) in [6, 6.07) is 3.74. The number of carbonyl (C=O) groups excluding carboxylic acids is 1. The summed E-state index contributed by atoms with van der Waals surface area (Å²) in [5, 5.41) is 3.82. The van der Waals surface area contributed by atoms with Crippen LogP contribution in [0.2, 0.25) is 0 Å². The molecule has 0 saturated carbocycles. The van der Waals surface area contributed by atoms with Gasteiger partial charge in [0, 0.05) is 30.4 Å². The molecule has 2 unspecified atom stereocenters. The van der Waals surface area contributed by atoms with Crippen LogP contribution in [0.25, 0.3) is 0 Å². The molecular weight excluding hydrogens is 348 g/mol. The number of aromatic amines is 1. The number of fused-ring (bicyclic) bond motifs is 2. The Hall–Kier alpha value is -2.41. The minimum Gasteiger partial charge on any atom is -0.343 e. The lowest BCUT2D eigenvalue weighted by Crippen LogP contribution is -2.41. The molecule has 0 bridgehead atoms. The Kier molecular flexibility index (Phi) is 3.99. The number of nitrogens with zero attached hydrogens (tertiary/aromatic N) is 2. The first-order valence-electron chi connectivity index (χ1n) is 8.50. The summed E-state index contributed by atoms with van der Waals surface area (Å²) in [7, 11) is 0.